The molecule has 2 rings (SSSR count). The van der Waals surface area contributed by atoms with Gasteiger partial charge in [0.2, 0.25) is 0 Å². The Bertz CT molecular complexity index is 468. The van der Waals surface area contributed by atoms with Gasteiger partial charge in [-0.15, -0.1) is 0 Å². The number of hydrogen-bond acceptors (Lipinski definition) is 2. The largest absolute Gasteiger partial charge is 0.331 e. The first-order valence-corrected chi connectivity index (χ1v) is 5.20. The molecule has 16 heavy (non-hydrogen) atoms. The van der Waals surface area contributed by atoms with Crippen molar-refractivity contribution in [1.82, 2.24) is 10.2 Å². The number of hydrogen-bond donors (Lipinski definition) is 1. The van der Waals surface area contributed by atoms with Crippen LogP contribution in [0.15, 0.2) is 18.2 Å². The number of carbonyl (C=O) groups is 2. The smallest absolute Gasteiger partial charge is 0.324 e. The Balaban J connectivity index is 2.60. The number of benzene rings is 1. The summed E-state index contributed by atoms with van der Waals surface area (Å²) < 4.78 is 0. The van der Waals surface area contributed by atoms with Crippen LogP contribution in [0.4, 0.5) is 4.79 Å². The van der Waals surface area contributed by atoms with Crippen molar-refractivity contribution >= 4 is 11.9 Å². The van der Waals surface area contributed by atoms with Crippen LogP contribution in [0.25, 0.3) is 0 Å². The first-order valence-electron chi connectivity index (χ1n) is 5.20. The van der Waals surface area contributed by atoms with Crippen LogP contribution in [-0.2, 0) is 0 Å². The Kier molecular flexibility index (Phi) is 2.42. The predicted molar refractivity (Wildman–Crippen MR) is 60.2 cm³/mol. The number of aryl methyl sites for hydroxylation is 1. The van der Waals surface area contributed by atoms with Crippen molar-refractivity contribution in [3.05, 3.63) is 34.9 Å². The number of nitrogens with one attached hydrogen (secondary N) is 1. The van der Waals surface area contributed by atoms with Crippen molar-refractivity contribution in [3.63, 3.8) is 0 Å². The number of fused-ring (bicyclic) bond motifs is 1. The molecule has 0 aliphatic carbocycles. The maximum Gasteiger partial charge on any atom is 0.324 e. The van der Waals surface area contributed by atoms with Gasteiger partial charge in [0.15, 0.2) is 0 Å². The quantitative estimate of drug-likeness (QED) is 0.722. The topological polar surface area (TPSA) is 49.4 Å². The second-order valence-corrected chi connectivity index (χ2v) is 4.13. The third-order valence-corrected chi connectivity index (χ3v) is 2.85. The highest BCUT2D eigenvalue weighted by Crippen LogP contribution is 2.23. The van der Waals surface area contributed by atoms with E-state index in [2.05, 4.69) is 5.32 Å². The highest BCUT2D eigenvalue weighted by Gasteiger charge is 2.28. The van der Waals surface area contributed by atoms with Gasteiger partial charge < -0.3 is 5.32 Å². The number of imide groups is 1. The van der Waals surface area contributed by atoms with Gasteiger partial charge in [-0.2, -0.15) is 0 Å². The molecule has 4 heteroatoms. The molecular formula is C12H14N2O2. The summed E-state index contributed by atoms with van der Waals surface area (Å²) in [7, 11) is 1.49. The molecule has 0 radical (unpaired) electrons. The van der Waals surface area contributed by atoms with Gasteiger partial charge in [0.25, 0.3) is 5.91 Å². The number of rotatable bonds is 0. The van der Waals surface area contributed by atoms with E-state index >= 15 is 0 Å². The van der Waals surface area contributed by atoms with Crippen LogP contribution < -0.4 is 5.32 Å². The van der Waals surface area contributed by atoms with Crippen LogP contribution in [0.2, 0.25) is 0 Å². The van der Waals surface area contributed by atoms with Gasteiger partial charge in [-0.05, 0) is 25.5 Å². The van der Waals surface area contributed by atoms with E-state index in [0.29, 0.717) is 5.56 Å². The highest BCUT2D eigenvalue weighted by atomic mass is 16.2. The lowest BCUT2D eigenvalue weighted by Crippen LogP contribution is -2.38. The SMILES string of the molecule is Cc1ccc2c(c1)C(=O)N(C)C(=O)NC2C. The second-order valence-electron chi connectivity index (χ2n) is 4.13. The normalized spacial score (nSPS) is 20.2. The summed E-state index contributed by atoms with van der Waals surface area (Å²) in [5.41, 5.74) is 2.49. The van der Waals surface area contributed by atoms with Crippen molar-refractivity contribution in [2.75, 3.05) is 7.05 Å². The van der Waals surface area contributed by atoms with Crippen LogP contribution in [0.1, 0.15) is 34.5 Å². The Morgan fingerprint density at radius 1 is 1.31 bits per heavy atom. The molecule has 1 aliphatic heterocycles. The van der Waals surface area contributed by atoms with E-state index in [4.69, 9.17) is 0 Å². The molecule has 1 unspecified atom stereocenters. The number of urea groups is 1. The fraction of sp³-hybridized carbons (Fsp3) is 0.333. The standard InChI is InChI=1S/C12H14N2O2/c1-7-4-5-9-8(2)13-12(16)14(3)11(15)10(9)6-7/h4-6,8H,1-3H3,(H,13,16). The zero-order valence-corrected chi connectivity index (χ0v) is 9.57. The van der Waals surface area contributed by atoms with Crippen molar-refractivity contribution in [2.24, 2.45) is 0 Å². The van der Waals surface area contributed by atoms with Crippen molar-refractivity contribution in [2.45, 2.75) is 19.9 Å². The molecule has 0 saturated heterocycles. The van der Waals surface area contributed by atoms with Crippen LogP contribution in [-0.4, -0.2) is 23.9 Å². The summed E-state index contributed by atoms with van der Waals surface area (Å²) in [6, 6.07) is 5.17. The fourth-order valence-corrected chi connectivity index (χ4v) is 1.87. The summed E-state index contributed by atoms with van der Waals surface area (Å²) in [6.07, 6.45) is 0. The van der Waals surface area contributed by atoms with Gasteiger partial charge >= 0.3 is 6.03 Å². The zero-order chi connectivity index (χ0) is 11.9. The molecule has 1 aromatic carbocycles. The van der Waals surface area contributed by atoms with Gasteiger partial charge in [-0.25, -0.2) is 4.79 Å². The van der Waals surface area contributed by atoms with Crippen LogP contribution >= 0.6 is 0 Å². The highest BCUT2D eigenvalue weighted by molar-refractivity contribution is 6.06. The molecule has 1 aromatic rings. The molecule has 3 amide bonds. The maximum atomic E-state index is 12.0. The molecule has 1 aliphatic rings. The van der Waals surface area contributed by atoms with Crippen LogP contribution in [0, 0.1) is 6.92 Å². The second kappa shape index (κ2) is 3.63. The van der Waals surface area contributed by atoms with E-state index in [1.54, 1.807) is 0 Å². The minimum absolute atomic E-state index is 0.142. The number of nitrogens with zero attached hydrogens (tertiary/aromatic N) is 1. The van der Waals surface area contributed by atoms with Gasteiger partial charge in [-0.3, -0.25) is 9.69 Å². The lowest BCUT2D eigenvalue weighted by Gasteiger charge is -2.13. The molecule has 1 N–H and O–H groups in total. The zero-order valence-electron chi connectivity index (χ0n) is 9.57. The van der Waals surface area contributed by atoms with E-state index in [0.717, 1.165) is 16.0 Å². The first-order chi connectivity index (χ1) is 7.50. The van der Waals surface area contributed by atoms with Crippen molar-refractivity contribution < 1.29 is 9.59 Å². The summed E-state index contributed by atoms with van der Waals surface area (Å²) in [4.78, 5) is 24.7. The number of amides is 3. The molecule has 0 spiro atoms. The van der Waals surface area contributed by atoms with E-state index in [1.807, 2.05) is 32.0 Å². The first kappa shape index (κ1) is 10.7. The Morgan fingerprint density at radius 3 is 2.69 bits per heavy atom. The Morgan fingerprint density at radius 2 is 2.00 bits per heavy atom. The summed E-state index contributed by atoms with van der Waals surface area (Å²) in [6.45, 7) is 3.80. The summed E-state index contributed by atoms with van der Waals surface area (Å²) in [5.74, 6) is -0.249. The monoisotopic (exact) mass is 218 g/mol. The summed E-state index contributed by atoms with van der Waals surface area (Å²) in [5, 5.41) is 2.76. The van der Waals surface area contributed by atoms with E-state index < -0.39 is 0 Å². The number of carbonyl (C=O) groups excluding carboxylic acids is 2. The lowest BCUT2D eigenvalue weighted by molar-refractivity contribution is 0.0836. The van der Waals surface area contributed by atoms with Gasteiger partial charge in [0.1, 0.15) is 0 Å². The molecule has 0 saturated carbocycles. The van der Waals surface area contributed by atoms with Gasteiger partial charge in [0, 0.05) is 12.6 Å². The van der Waals surface area contributed by atoms with Crippen molar-refractivity contribution in [1.29, 1.82) is 0 Å². The third-order valence-electron chi connectivity index (χ3n) is 2.85. The Hall–Kier alpha value is -1.84. The van der Waals surface area contributed by atoms with Crippen LogP contribution in [0.5, 0.6) is 0 Å². The fourth-order valence-electron chi connectivity index (χ4n) is 1.87. The molecule has 0 fully saturated rings. The molecule has 1 atom stereocenters. The molecule has 0 aromatic heterocycles. The van der Waals surface area contributed by atoms with Gasteiger partial charge in [-0.1, -0.05) is 17.7 Å². The molecule has 0 bridgehead atoms. The molecular weight excluding hydrogens is 204 g/mol. The minimum atomic E-state index is -0.355. The molecule has 4 nitrogen and oxygen atoms in total. The van der Waals surface area contributed by atoms with E-state index in [-0.39, 0.29) is 18.0 Å². The van der Waals surface area contributed by atoms with Crippen LogP contribution in [0.3, 0.4) is 0 Å². The minimum Gasteiger partial charge on any atom is -0.331 e. The maximum absolute atomic E-state index is 12.0. The van der Waals surface area contributed by atoms with Gasteiger partial charge in [0.05, 0.1) is 6.04 Å². The third kappa shape index (κ3) is 1.56. The van der Waals surface area contributed by atoms with Crippen molar-refractivity contribution in [3.8, 4) is 0 Å². The predicted octanol–water partition coefficient (Wildman–Crippen LogP) is 1.85. The summed E-state index contributed by atoms with van der Waals surface area (Å²) >= 11 is 0. The van der Waals surface area contributed by atoms with E-state index in [1.165, 1.54) is 7.05 Å². The lowest BCUT2D eigenvalue weighted by atomic mass is 9.99. The van der Waals surface area contributed by atoms with E-state index in [9.17, 15) is 9.59 Å². The average molecular weight is 218 g/mol. The molecule has 1 heterocycles. The Labute approximate surface area is 94.2 Å². The molecule has 84 valence electrons. The average Bonchev–Trinajstić information content (AvgIpc) is 2.32.